The van der Waals surface area contributed by atoms with Crippen molar-refractivity contribution in [2.45, 2.75) is 32.7 Å². The van der Waals surface area contributed by atoms with Crippen LogP contribution in [0.25, 0.3) is 11.0 Å². The number of hydrogen-bond donors (Lipinski definition) is 1. The minimum Gasteiger partial charge on any atom is -0.502 e. The summed E-state index contributed by atoms with van der Waals surface area (Å²) in [6.07, 6.45) is 1.64. The van der Waals surface area contributed by atoms with Gasteiger partial charge < -0.3 is 23.9 Å². The maximum Gasteiger partial charge on any atom is 0.321 e. The first kappa shape index (κ1) is 23.4. The third-order valence-electron chi connectivity index (χ3n) is 6.06. The molecular weight excluding hydrogens is 438 g/mol. The van der Waals surface area contributed by atoms with Crippen LogP contribution in [0.5, 0.6) is 17.2 Å². The quantitative estimate of drug-likeness (QED) is 0.398. The van der Waals surface area contributed by atoms with Crippen LogP contribution in [0.3, 0.4) is 0 Å². The number of rotatable bonds is 8. The molecule has 1 aliphatic rings. The van der Waals surface area contributed by atoms with E-state index in [1.807, 2.05) is 35.8 Å². The molecule has 0 aliphatic carbocycles. The summed E-state index contributed by atoms with van der Waals surface area (Å²) in [5, 5.41) is 10.5. The van der Waals surface area contributed by atoms with Crippen molar-refractivity contribution in [2.75, 3.05) is 32.3 Å². The number of unbranched alkanes of at least 4 members (excludes halogenated alkanes) is 1. The Morgan fingerprint density at radius 1 is 1.12 bits per heavy atom. The number of para-hydroxylation sites is 2. The Morgan fingerprint density at radius 2 is 1.79 bits per heavy atom. The van der Waals surface area contributed by atoms with E-state index < -0.39 is 17.9 Å². The van der Waals surface area contributed by atoms with Crippen molar-refractivity contribution < 1.29 is 28.9 Å². The van der Waals surface area contributed by atoms with Crippen LogP contribution in [-0.4, -0.2) is 53.9 Å². The number of carbonyl (C=O) groups excluding carboxylic acids is 2. The fourth-order valence-corrected chi connectivity index (χ4v) is 4.46. The van der Waals surface area contributed by atoms with Gasteiger partial charge >= 0.3 is 5.97 Å². The summed E-state index contributed by atoms with van der Waals surface area (Å²) < 4.78 is 18.0. The highest BCUT2D eigenvalue weighted by molar-refractivity contribution is 6.08. The number of methoxy groups -OCH3 is 2. The molecule has 1 amide bonds. The molecule has 34 heavy (non-hydrogen) atoms. The van der Waals surface area contributed by atoms with E-state index in [1.165, 1.54) is 14.2 Å². The zero-order chi connectivity index (χ0) is 24.4. The number of nitrogens with zero attached hydrogens (tertiary/aromatic N) is 3. The SMILES string of the molecule is CCCCN1C(=O)C(C(=O)OCC)C(c2cc(OC)c(O)c(OC)c2)n2c1nc1ccccc12. The van der Waals surface area contributed by atoms with E-state index in [2.05, 4.69) is 0 Å². The second kappa shape index (κ2) is 9.62. The number of hydrogen-bond acceptors (Lipinski definition) is 7. The van der Waals surface area contributed by atoms with Crippen LogP contribution in [0, 0.1) is 5.92 Å². The van der Waals surface area contributed by atoms with Gasteiger partial charge in [-0.3, -0.25) is 14.5 Å². The molecule has 0 fully saturated rings. The van der Waals surface area contributed by atoms with Crippen LogP contribution in [0.4, 0.5) is 5.95 Å². The van der Waals surface area contributed by atoms with Crippen molar-refractivity contribution in [3.8, 4) is 17.2 Å². The summed E-state index contributed by atoms with van der Waals surface area (Å²) in [5.74, 6) is -1.49. The third-order valence-corrected chi connectivity index (χ3v) is 6.06. The molecule has 0 saturated heterocycles. The van der Waals surface area contributed by atoms with Gasteiger partial charge in [-0.25, -0.2) is 4.98 Å². The number of anilines is 1. The lowest BCUT2D eigenvalue weighted by atomic mass is 9.89. The molecule has 0 radical (unpaired) electrons. The maximum absolute atomic E-state index is 13.8. The van der Waals surface area contributed by atoms with Crippen molar-refractivity contribution in [3.63, 3.8) is 0 Å². The monoisotopic (exact) mass is 467 g/mol. The average Bonchev–Trinajstić information content (AvgIpc) is 3.22. The van der Waals surface area contributed by atoms with E-state index in [9.17, 15) is 14.7 Å². The van der Waals surface area contributed by atoms with E-state index in [1.54, 1.807) is 24.0 Å². The first-order chi connectivity index (χ1) is 16.5. The van der Waals surface area contributed by atoms with E-state index in [0.717, 1.165) is 18.4 Å². The molecule has 0 bridgehead atoms. The number of carbonyl (C=O) groups is 2. The number of aromatic nitrogens is 2. The zero-order valence-electron chi connectivity index (χ0n) is 19.8. The van der Waals surface area contributed by atoms with Gasteiger partial charge in [0.25, 0.3) is 0 Å². The number of fused-ring (bicyclic) bond motifs is 3. The molecule has 180 valence electrons. The van der Waals surface area contributed by atoms with Crippen LogP contribution < -0.4 is 14.4 Å². The van der Waals surface area contributed by atoms with Gasteiger partial charge in [-0.1, -0.05) is 25.5 Å². The largest absolute Gasteiger partial charge is 0.502 e. The molecule has 1 aliphatic heterocycles. The molecular formula is C25H29N3O6. The van der Waals surface area contributed by atoms with E-state index >= 15 is 0 Å². The van der Waals surface area contributed by atoms with Crippen molar-refractivity contribution in [3.05, 3.63) is 42.0 Å². The predicted molar refractivity (Wildman–Crippen MR) is 126 cm³/mol. The molecule has 9 nitrogen and oxygen atoms in total. The summed E-state index contributed by atoms with van der Waals surface area (Å²) >= 11 is 0. The average molecular weight is 468 g/mol. The van der Waals surface area contributed by atoms with E-state index in [0.29, 0.717) is 23.6 Å². The predicted octanol–water partition coefficient (Wildman–Crippen LogP) is 3.67. The van der Waals surface area contributed by atoms with Gasteiger partial charge in [0.05, 0.1) is 37.9 Å². The molecule has 2 atom stereocenters. The molecule has 2 heterocycles. The summed E-state index contributed by atoms with van der Waals surface area (Å²) in [5.41, 5.74) is 2.04. The topological polar surface area (TPSA) is 103 Å². The molecule has 0 spiro atoms. The standard InChI is InChI=1S/C25H29N3O6/c1-5-7-12-27-23(30)20(24(31)34-6-2)21(15-13-18(32-3)22(29)19(14-15)33-4)28-17-11-9-8-10-16(17)26-25(27)28/h8-11,13-14,20-21,29H,5-7,12H2,1-4H3. The van der Waals surface area contributed by atoms with Crippen molar-refractivity contribution >= 4 is 28.9 Å². The van der Waals surface area contributed by atoms with Crippen LogP contribution in [0.2, 0.25) is 0 Å². The smallest absolute Gasteiger partial charge is 0.321 e. The Hall–Kier alpha value is -3.75. The number of aromatic hydroxyl groups is 1. The van der Waals surface area contributed by atoms with Crippen LogP contribution >= 0.6 is 0 Å². The Labute approximate surface area is 197 Å². The fraction of sp³-hybridized carbons (Fsp3) is 0.400. The highest BCUT2D eigenvalue weighted by Gasteiger charge is 2.48. The van der Waals surface area contributed by atoms with Crippen molar-refractivity contribution in [2.24, 2.45) is 5.92 Å². The lowest BCUT2D eigenvalue weighted by molar-refractivity contribution is -0.153. The normalized spacial score (nSPS) is 17.5. The van der Waals surface area contributed by atoms with Gasteiger partial charge in [-0.2, -0.15) is 0 Å². The van der Waals surface area contributed by atoms with Crippen molar-refractivity contribution in [1.29, 1.82) is 0 Å². The van der Waals surface area contributed by atoms with Gasteiger partial charge in [0.1, 0.15) is 0 Å². The minimum atomic E-state index is -1.15. The summed E-state index contributed by atoms with van der Waals surface area (Å²) in [6.45, 7) is 4.32. The van der Waals surface area contributed by atoms with Crippen molar-refractivity contribution in [1.82, 2.24) is 9.55 Å². The van der Waals surface area contributed by atoms with Crippen LogP contribution in [0.1, 0.15) is 38.3 Å². The number of benzene rings is 2. The Bertz CT molecular complexity index is 1200. The number of esters is 1. The molecule has 1 N–H and O–H groups in total. The molecule has 2 unspecified atom stereocenters. The number of phenols is 1. The zero-order valence-corrected chi connectivity index (χ0v) is 19.8. The van der Waals surface area contributed by atoms with Crippen LogP contribution in [0.15, 0.2) is 36.4 Å². The molecule has 2 aromatic carbocycles. The minimum absolute atomic E-state index is 0.143. The van der Waals surface area contributed by atoms with Gasteiger partial charge in [0.15, 0.2) is 17.4 Å². The highest BCUT2D eigenvalue weighted by atomic mass is 16.5. The molecule has 9 heteroatoms. The van der Waals surface area contributed by atoms with E-state index in [4.69, 9.17) is 19.2 Å². The molecule has 0 saturated carbocycles. The lowest BCUT2D eigenvalue weighted by Gasteiger charge is -2.38. The highest BCUT2D eigenvalue weighted by Crippen LogP contribution is 2.46. The molecule has 4 rings (SSSR count). The van der Waals surface area contributed by atoms with Gasteiger partial charge in [0.2, 0.25) is 17.6 Å². The molecule has 3 aromatic rings. The second-order valence-electron chi connectivity index (χ2n) is 8.06. The van der Waals surface area contributed by atoms with Crippen LogP contribution in [-0.2, 0) is 14.3 Å². The second-order valence-corrected chi connectivity index (χ2v) is 8.06. The lowest BCUT2D eigenvalue weighted by Crippen LogP contribution is -2.50. The number of imidazole rings is 1. The Balaban J connectivity index is 2.03. The summed E-state index contributed by atoms with van der Waals surface area (Å²) in [7, 11) is 2.86. The Morgan fingerprint density at radius 3 is 2.41 bits per heavy atom. The number of ether oxygens (including phenoxy) is 3. The Kier molecular flexibility index (Phi) is 6.63. The fourth-order valence-electron chi connectivity index (χ4n) is 4.46. The van der Waals surface area contributed by atoms with Gasteiger partial charge in [-0.15, -0.1) is 0 Å². The maximum atomic E-state index is 13.8. The van der Waals surface area contributed by atoms with Gasteiger partial charge in [0, 0.05) is 6.54 Å². The first-order valence-corrected chi connectivity index (χ1v) is 11.4. The van der Waals surface area contributed by atoms with E-state index in [-0.39, 0.29) is 29.8 Å². The summed E-state index contributed by atoms with van der Waals surface area (Å²) in [4.78, 5) is 33.4. The van der Waals surface area contributed by atoms with Gasteiger partial charge in [-0.05, 0) is 43.2 Å². The number of phenolic OH excluding ortho intramolecular Hbond substituents is 1. The number of amides is 1. The molecule has 1 aromatic heterocycles. The third kappa shape index (κ3) is 3.81. The first-order valence-electron chi connectivity index (χ1n) is 11.4. The summed E-state index contributed by atoms with van der Waals surface area (Å²) in [6, 6.07) is 9.99.